The third-order valence-electron chi connectivity index (χ3n) is 3.92. The fourth-order valence-corrected chi connectivity index (χ4v) is 2.84. The monoisotopic (exact) mass is 246 g/mol. The van der Waals surface area contributed by atoms with Crippen LogP contribution in [0.25, 0.3) is 0 Å². The van der Waals surface area contributed by atoms with Crippen LogP contribution in [-0.4, -0.2) is 36.1 Å². The largest absolute Gasteiger partial charge is 0.339 e. The summed E-state index contributed by atoms with van der Waals surface area (Å²) in [6, 6.07) is 0. The third-order valence-corrected chi connectivity index (χ3v) is 3.92. The number of aryl methyl sites for hydroxylation is 2. The van der Waals surface area contributed by atoms with Gasteiger partial charge in [0, 0.05) is 31.5 Å². The molecule has 0 amide bonds. The maximum absolute atomic E-state index is 4.83. The van der Waals surface area contributed by atoms with E-state index in [1.54, 1.807) is 0 Å². The van der Waals surface area contributed by atoms with E-state index < -0.39 is 0 Å². The van der Waals surface area contributed by atoms with E-state index in [0.717, 1.165) is 45.0 Å². The molecule has 2 aliphatic rings. The van der Waals surface area contributed by atoms with Gasteiger partial charge in [-0.05, 0) is 44.2 Å². The number of anilines is 1. The van der Waals surface area contributed by atoms with Gasteiger partial charge in [0.25, 0.3) is 0 Å². The van der Waals surface area contributed by atoms with E-state index in [0.29, 0.717) is 0 Å². The van der Waals surface area contributed by atoms with E-state index in [-0.39, 0.29) is 0 Å². The summed E-state index contributed by atoms with van der Waals surface area (Å²) in [4.78, 5) is 11.7. The maximum atomic E-state index is 4.83. The summed E-state index contributed by atoms with van der Waals surface area (Å²) in [7, 11) is 0. The van der Waals surface area contributed by atoms with Crippen molar-refractivity contribution in [3.8, 4) is 0 Å². The molecular weight excluding hydrogens is 224 g/mol. The van der Waals surface area contributed by atoms with Gasteiger partial charge in [0.1, 0.15) is 0 Å². The van der Waals surface area contributed by atoms with Crippen LogP contribution in [0.15, 0.2) is 6.20 Å². The molecule has 4 heteroatoms. The van der Waals surface area contributed by atoms with Crippen molar-refractivity contribution >= 4 is 5.95 Å². The molecule has 1 aromatic rings. The average molecular weight is 246 g/mol. The van der Waals surface area contributed by atoms with Gasteiger partial charge in [0.2, 0.25) is 5.95 Å². The second-order valence-corrected chi connectivity index (χ2v) is 5.29. The van der Waals surface area contributed by atoms with Crippen molar-refractivity contribution in [3.05, 3.63) is 17.5 Å². The smallest absolute Gasteiger partial charge is 0.225 e. The lowest BCUT2D eigenvalue weighted by atomic mass is 10.1. The van der Waals surface area contributed by atoms with Crippen molar-refractivity contribution in [2.45, 2.75) is 38.5 Å². The topological polar surface area (TPSA) is 41.1 Å². The molecular formula is C14H22N4. The van der Waals surface area contributed by atoms with Gasteiger partial charge in [-0.2, -0.15) is 0 Å². The minimum atomic E-state index is 0.944. The highest BCUT2D eigenvalue weighted by atomic mass is 15.3. The minimum absolute atomic E-state index is 0.944. The van der Waals surface area contributed by atoms with Gasteiger partial charge in [-0.25, -0.2) is 9.97 Å². The number of rotatable bonds is 1. The Hall–Kier alpha value is -1.16. The zero-order valence-corrected chi connectivity index (χ0v) is 11.0. The van der Waals surface area contributed by atoms with Gasteiger partial charge in [-0.1, -0.05) is 6.42 Å². The lowest BCUT2D eigenvalue weighted by Crippen LogP contribution is -2.29. The first-order chi connectivity index (χ1) is 8.93. The quantitative estimate of drug-likeness (QED) is 0.763. The van der Waals surface area contributed by atoms with Crippen LogP contribution in [0.5, 0.6) is 0 Å². The Balaban J connectivity index is 1.81. The molecule has 0 aromatic carbocycles. The summed E-state index contributed by atoms with van der Waals surface area (Å²) in [5.74, 6) is 0.944. The molecule has 0 spiro atoms. The van der Waals surface area contributed by atoms with Crippen LogP contribution in [0.2, 0.25) is 0 Å². The Morgan fingerprint density at radius 1 is 1.00 bits per heavy atom. The van der Waals surface area contributed by atoms with Crippen molar-refractivity contribution in [1.29, 1.82) is 0 Å². The first-order valence-electron chi connectivity index (χ1n) is 7.24. The number of hydrogen-bond acceptors (Lipinski definition) is 4. The first-order valence-corrected chi connectivity index (χ1v) is 7.24. The first kappa shape index (κ1) is 11.9. The van der Waals surface area contributed by atoms with Crippen molar-refractivity contribution < 1.29 is 0 Å². The average Bonchev–Trinajstić information content (AvgIpc) is 2.80. The van der Waals surface area contributed by atoms with Crippen molar-refractivity contribution in [3.63, 3.8) is 0 Å². The van der Waals surface area contributed by atoms with Crippen LogP contribution in [0.1, 0.15) is 36.9 Å². The van der Waals surface area contributed by atoms with Crippen LogP contribution < -0.4 is 10.2 Å². The van der Waals surface area contributed by atoms with E-state index in [9.17, 15) is 0 Å². The molecule has 0 bridgehead atoms. The molecule has 1 fully saturated rings. The molecule has 18 heavy (non-hydrogen) atoms. The maximum Gasteiger partial charge on any atom is 0.225 e. The van der Waals surface area contributed by atoms with Crippen LogP contribution in [0, 0.1) is 0 Å². The Morgan fingerprint density at radius 3 is 2.94 bits per heavy atom. The zero-order chi connectivity index (χ0) is 12.2. The van der Waals surface area contributed by atoms with E-state index >= 15 is 0 Å². The molecule has 1 aliphatic heterocycles. The Bertz CT molecular complexity index is 397. The fourth-order valence-electron chi connectivity index (χ4n) is 2.84. The summed E-state index contributed by atoms with van der Waals surface area (Å²) in [5.41, 5.74) is 2.68. The Kier molecular flexibility index (Phi) is 3.74. The van der Waals surface area contributed by atoms with E-state index in [4.69, 9.17) is 4.98 Å². The van der Waals surface area contributed by atoms with Gasteiger partial charge < -0.3 is 10.2 Å². The molecule has 2 heterocycles. The third kappa shape index (κ3) is 2.64. The molecule has 4 nitrogen and oxygen atoms in total. The summed E-state index contributed by atoms with van der Waals surface area (Å²) in [6.07, 6.45) is 9.46. The van der Waals surface area contributed by atoms with Crippen molar-refractivity contribution in [1.82, 2.24) is 15.3 Å². The summed E-state index contributed by atoms with van der Waals surface area (Å²) in [5, 5.41) is 3.42. The number of aromatic nitrogens is 2. The second-order valence-electron chi connectivity index (χ2n) is 5.29. The SMILES string of the molecule is c1nc(N2CCCNCC2)nc2c1CCCCC2. The predicted molar refractivity (Wildman–Crippen MR) is 73.0 cm³/mol. The van der Waals surface area contributed by atoms with Crippen LogP contribution in [0.4, 0.5) is 5.95 Å². The van der Waals surface area contributed by atoms with Crippen molar-refractivity contribution in [2.24, 2.45) is 0 Å². The zero-order valence-electron chi connectivity index (χ0n) is 11.0. The van der Waals surface area contributed by atoms with Crippen LogP contribution >= 0.6 is 0 Å². The van der Waals surface area contributed by atoms with Gasteiger partial charge in [-0.15, -0.1) is 0 Å². The molecule has 98 valence electrons. The number of nitrogens with one attached hydrogen (secondary N) is 1. The highest BCUT2D eigenvalue weighted by Gasteiger charge is 2.15. The molecule has 3 rings (SSSR count). The molecule has 0 atom stereocenters. The Morgan fingerprint density at radius 2 is 1.94 bits per heavy atom. The number of hydrogen-bond donors (Lipinski definition) is 1. The van der Waals surface area contributed by atoms with E-state index in [1.807, 2.05) is 0 Å². The molecule has 1 aromatic heterocycles. The molecule has 0 saturated carbocycles. The number of nitrogens with zero attached hydrogens (tertiary/aromatic N) is 3. The van der Waals surface area contributed by atoms with E-state index in [2.05, 4.69) is 21.4 Å². The van der Waals surface area contributed by atoms with Gasteiger partial charge in [0.05, 0.1) is 0 Å². The lowest BCUT2D eigenvalue weighted by Gasteiger charge is -2.20. The van der Waals surface area contributed by atoms with Gasteiger partial charge >= 0.3 is 0 Å². The van der Waals surface area contributed by atoms with Gasteiger partial charge in [0.15, 0.2) is 0 Å². The fraction of sp³-hybridized carbons (Fsp3) is 0.714. The van der Waals surface area contributed by atoms with Crippen LogP contribution in [0.3, 0.4) is 0 Å². The summed E-state index contributed by atoms with van der Waals surface area (Å²) >= 11 is 0. The van der Waals surface area contributed by atoms with Crippen molar-refractivity contribution in [2.75, 3.05) is 31.1 Å². The minimum Gasteiger partial charge on any atom is -0.339 e. The van der Waals surface area contributed by atoms with E-state index in [1.165, 1.54) is 36.9 Å². The molecule has 1 aliphatic carbocycles. The predicted octanol–water partition coefficient (Wildman–Crippen LogP) is 1.55. The Labute approximate surface area is 109 Å². The molecule has 0 radical (unpaired) electrons. The standard InChI is InChI=1S/C14H22N4/c1-2-5-12-11-16-14(17-13(12)6-3-1)18-9-4-7-15-8-10-18/h11,15H,1-10H2. The molecule has 1 saturated heterocycles. The molecule has 1 N–H and O–H groups in total. The van der Waals surface area contributed by atoms with Gasteiger partial charge in [-0.3, -0.25) is 0 Å². The highest BCUT2D eigenvalue weighted by Crippen LogP contribution is 2.20. The summed E-state index contributed by atoms with van der Waals surface area (Å²) in [6.45, 7) is 4.26. The normalized spacial score (nSPS) is 21.0. The highest BCUT2D eigenvalue weighted by molar-refractivity contribution is 5.34. The molecule has 0 unspecified atom stereocenters. The second kappa shape index (κ2) is 5.65. The lowest BCUT2D eigenvalue weighted by molar-refractivity contribution is 0.708. The summed E-state index contributed by atoms with van der Waals surface area (Å²) < 4.78 is 0. The number of fused-ring (bicyclic) bond motifs is 1. The van der Waals surface area contributed by atoms with Crippen LogP contribution in [-0.2, 0) is 12.8 Å².